The van der Waals surface area contributed by atoms with Crippen LogP contribution in [0.4, 0.5) is 0 Å². The minimum absolute atomic E-state index is 0.172. The number of rotatable bonds is 77. The highest BCUT2D eigenvalue weighted by Gasteiger charge is 2.25. The molecule has 0 aromatic carbocycles. The molecule has 1 N–H and O–H groups in total. The van der Waals surface area contributed by atoms with Gasteiger partial charge in [0.2, 0.25) is 0 Å². The number of ether oxygens (including phenoxy) is 4. The number of nitrogens with zero attached hydrogens (tertiary/aromatic N) is 1. The van der Waals surface area contributed by atoms with Gasteiger partial charge in [0.25, 0.3) is 6.29 Å². The van der Waals surface area contributed by atoms with E-state index in [1.807, 2.05) is 21.1 Å². The molecule has 0 aliphatic carbocycles. The van der Waals surface area contributed by atoms with E-state index in [1.165, 1.54) is 372 Å². The van der Waals surface area contributed by atoms with Gasteiger partial charge in [-0.05, 0) is 12.8 Å². The maximum absolute atomic E-state index is 13.0. The number of carbonyl (C=O) groups is 3. The minimum atomic E-state index is -1.51. The Labute approximate surface area is 555 Å². The normalized spacial score (nSPS) is 12.5. The maximum Gasteiger partial charge on any atom is 0.361 e. The minimum Gasteiger partial charge on any atom is -0.477 e. The van der Waals surface area contributed by atoms with Crippen LogP contribution in [0.3, 0.4) is 0 Å². The fourth-order valence-electron chi connectivity index (χ4n) is 12.7. The topological polar surface area (TPSA) is 108 Å². The van der Waals surface area contributed by atoms with E-state index in [-0.39, 0.29) is 38.2 Å². The number of hydrogen-bond donors (Lipinski definition) is 1. The second kappa shape index (κ2) is 72.1. The van der Waals surface area contributed by atoms with Crippen molar-refractivity contribution in [1.82, 2.24) is 0 Å². The highest BCUT2D eigenvalue weighted by atomic mass is 16.7. The summed E-state index contributed by atoms with van der Waals surface area (Å²) in [6.07, 6.45) is 85.6. The lowest BCUT2D eigenvalue weighted by atomic mass is 10.0. The molecule has 0 spiro atoms. The molecule has 9 nitrogen and oxygen atoms in total. The van der Waals surface area contributed by atoms with Gasteiger partial charge in [0.1, 0.15) is 13.2 Å². The van der Waals surface area contributed by atoms with Crippen LogP contribution < -0.4 is 0 Å². The molecule has 0 heterocycles. The first kappa shape index (κ1) is 87.3. The first-order valence-electron chi connectivity index (χ1n) is 40.2. The van der Waals surface area contributed by atoms with Crippen LogP contribution in [0.5, 0.6) is 0 Å². The number of carbonyl (C=O) groups excluding carboxylic acids is 2. The predicted octanol–water partition coefficient (Wildman–Crippen LogP) is 25.4. The SMILES string of the molecule is CCCCCCCCCCCCCCCCCCCCCCCCCCCCCCCCCCCCC(=O)OC(COC(=O)CCCCCCCCCCCCCCCCCCCCCCCCCCCCCCCC)COC(OCC[N+](C)(C)C)C(=O)O. The molecular weight excluding hydrogens is 1100 g/mol. The Bertz CT molecular complexity index is 1420. The second-order valence-electron chi connectivity index (χ2n) is 29.1. The fourth-order valence-corrected chi connectivity index (χ4v) is 12.7. The van der Waals surface area contributed by atoms with Crippen molar-refractivity contribution >= 4 is 17.9 Å². The molecule has 0 radical (unpaired) electrons. The summed E-state index contributed by atoms with van der Waals surface area (Å²) >= 11 is 0. The third-order valence-corrected chi connectivity index (χ3v) is 18.9. The molecule has 89 heavy (non-hydrogen) atoms. The highest BCUT2D eigenvalue weighted by Crippen LogP contribution is 2.21. The van der Waals surface area contributed by atoms with Crippen molar-refractivity contribution in [3.8, 4) is 0 Å². The third-order valence-electron chi connectivity index (χ3n) is 18.9. The van der Waals surface area contributed by atoms with E-state index in [1.54, 1.807) is 0 Å². The van der Waals surface area contributed by atoms with Gasteiger partial charge in [-0.15, -0.1) is 0 Å². The monoisotopic (exact) mass is 1260 g/mol. The summed E-state index contributed by atoms with van der Waals surface area (Å²) in [5.41, 5.74) is 0. The van der Waals surface area contributed by atoms with E-state index in [4.69, 9.17) is 18.9 Å². The van der Waals surface area contributed by atoms with Crippen LogP contribution in [0.15, 0.2) is 0 Å². The van der Waals surface area contributed by atoms with E-state index in [0.717, 1.165) is 38.5 Å². The zero-order valence-electron chi connectivity index (χ0n) is 60.9. The molecule has 0 amide bonds. The van der Waals surface area contributed by atoms with Crippen LogP contribution in [-0.4, -0.2) is 87.4 Å². The van der Waals surface area contributed by atoms with Crippen molar-refractivity contribution in [3.63, 3.8) is 0 Å². The molecule has 0 fully saturated rings. The zero-order chi connectivity index (χ0) is 64.7. The first-order valence-corrected chi connectivity index (χ1v) is 40.2. The van der Waals surface area contributed by atoms with E-state index < -0.39 is 18.4 Å². The summed E-state index contributed by atoms with van der Waals surface area (Å²) in [5.74, 6) is -1.96. The number of quaternary nitrogens is 1. The molecule has 0 saturated carbocycles. The first-order chi connectivity index (χ1) is 43.6. The van der Waals surface area contributed by atoms with Gasteiger partial charge in [-0.1, -0.05) is 412 Å². The Morgan fingerprint density at radius 2 is 0.506 bits per heavy atom. The van der Waals surface area contributed by atoms with Gasteiger partial charge in [-0.3, -0.25) is 9.59 Å². The van der Waals surface area contributed by atoms with Crippen molar-refractivity contribution in [2.45, 2.75) is 450 Å². The van der Waals surface area contributed by atoms with Crippen molar-refractivity contribution in [2.24, 2.45) is 0 Å². The van der Waals surface area contributed by atoms with E-state index in [0.29, 0.717) is 17.4 Å². The summed E-state index contributed by atoms with van der Waals surface area (Å²) < 4.78 is 23.1. The summed E-state index contributed by atoms with van der Waals surface area (Å²) in [6.45, 7) is 4.99. The quantitative estimate of drug-likeness (QED) is 0.0278. The van der Waals surface area contributed by atoms with Crippen molar-refractivity contribution in [2.75, 3.05) is 47.5 Å². The molecule has 0 aromatic heterocycles. The lowest BCUT2D eigenvalue weighted by Crippen LogP contribution is -2.40. The Morgan fingerprint density at radius 1 is 0.292 bits per heavy atom. The number of carboxylic acids is 1. The molecule has 0 bridgehead atoms. The smallest absolute Gasteiger partial charge is 0.361 e. The van der Waals surface area contributed by atoms with Gasteiger partial charge in [-0.2, -0.15) is 0 Å². The molecule has 0 saturated heterocycles. The Kier molecular flexibility index (Phi) is 70.7. The van der Waals surface area contributed by atoms with Gasteiger partial charge in [0, 0.05) is 12.8 Å². The van der Waals surface area contributed by atoms with Crippen LogP contribution >= 0.6 is 0 Å². The fraction of sp³-hybridized carbons (Fsp3) is 0.963. The van der Waals surface area contributed by atoms with Crippen molar-refractivity contribution in [1.29, 1.82) is 0 Å². The molecule has 0 aliphatic rings. The van der Waals surface area contributed by atoms with Gasteiger partial charge in [-0.25, -0.2) is 4.79 Å². The van der Waals surface area contributed by atoms with Gasteiger partial charge in [0.05, 0.1) is 34.4 Å². The van der Waals surface area contributed by atoms with E-state index in [2.05, 4.69) is 13.8 Å². The molecule has 2 atom stereocenters. The summed E-state index contributed by atoms with van der Waals surface area (Å²) in [7, 11) is 6.00. The van der Waals surface area contributed by atoms with Crippen LogP contribution in [-0.2, 0) is 33.3 Å². The maximum atomic E-state index is 13.0. The van der Waals surface area contributed by atoms with E-state index in [9.17, 15) is 19.5 Å². The Morgan fingerprint density at radius 3 is 0.719 bits per heavy atom. The number of carboxylic acid groups (broad SMARTS) is 1. The molecule has 2 unspecified atom stereocenters. The molecule has 0 rings (SSSR count). The standard InChI is InChI=1S/C80H157NO8/c1-6-8-10-12-14-16-18-20-22-24-26-28-30-32-34-36-38-39-40-41-43-45-47-49-51-53-55-57-59-61-63-65-67-69-71-78(83)89-76(75-88-80(79(84)85)86-73-72-81(3,4)5)74-87-77(82)70-68-66-64-62-60-58-56-54-52-50-48-46-44-42-37-35-33-31-29-27-25-23-21-19-17-15-13-11-9-7-2/h76,80H,6-75H2,1-5H3/p+1. The largest absolute Gasteiger partial charge is 0.477 e. The second-order valence-corrected chi connectivity index (χ2v) is 29.1. The highest BCUT2D eigenvalue weighted by molar-refractivity contribution is 5.71. The summed E-state index contributed by atoms with van der Waals surface area (Å²) in [6, 6.07) is 0. The zero-order valence-corrected chi connectivity index (χ0v) is 60.9. The van der Waals surface area contributed by atoms with E-state index >= 15 is 0 Å². The van der Waals surface area contributed by atoms with Crippen molar-refractivity contribution in [3.05, 3.63) is 0 Å². The summed E-state index contributed by atoms with van der Waals surface area (Å²) in [5, 5.41) is 9.77. The number of esters is 2. The van der Waals surface area contributed by atoms with Crippen LogP contribution in [0, 0.1) is 0 Å². The van der Waals surface area contributed by atoms with Gasteiger partial charge < -0.3 is 28.5 Å². The third kappa shape index (κ3) is 73.6. The molecular formula is C80H158NO8+. The number of hydrogen-bond acceptors (Lipinski definition) is 7. The van der Waals surface area contributed by atoms with Crippen LogP contribution in [0.25, 0.3) is 0 Å². The van der Waals surface area contributed by atoms with Crippen LogP contribution in [0.2, 0.25) is 0 Å². The van der Waals surface area contributed by atoms with Gasteiger partial charge in [0.15, 0.2) is 6.10 Å². The number of likely N-dealkylation sites (N-methyl/N-ethyl adjacent to an activating group) is 1. The number of unbranched alkanes of at least 4 members (excludes halogenated alkanes) is 62. The Balaban J connectivity index is 3.95. The molecule has 0 aliphatic heterocycles. The molecule has 530 valence electrons. The van der Waals surface area contributed by atoms with Crippen molar-refractivity contribution < 1.29 is 42.9 Å². The average molecular weight is 1260 g/mol. The lowest BCUT2D eigenvalue weighted by molar-refractivity contribution is -0.870. The average Bonchev–Trinajstić information content (AvgIpc) is 3.63. The predicted molar refractivity (Wildman–Crippen MR) is 383 cm³/mol. The Hall–Kier alpha value is -1.71. The van der Waals surface area contributed by atoms with Gasteiger partial charge >= 0.3 is 17.9 Å². The molecule has 0 aromatic rings. The summed E-state index contributed by atoms with van der Waals surface area (Å²) in [4.78, 5) is 37.7. The number of aliphatic carboxylic acids is 1. The van der Waals surface area contributed by atoms with Crippen LogP contribution in [0.1, 0.15) is 438 Å². The lowest BCUT2D eigenvalue weighted by Gasteiger charge is -2.25. The molecule has 9 heteroatoms.